The minimum absolute atomic E-state index is 0.315. The smallest absolute Gasteiger partial charge is 0.272 e. The largest absolute Gasteiger partial charge is 0.344 e. The van der Waals surface area contributed by atoms with Gasteiger partial charge in [0.25, 0.3) is 5.96 Å². The highest BCUT2D eigenvalue weighted by Crippen LogP contribution is 1.88. The molecule has 0 aliphatic carbocycles. The van der Waals surface area contributed by atoms with Crippen LogP contribution in [0.15, 0.2) is 5.10 Å². The van der Waals surface area contributed by atoms with Gasteiger partial charge in [0.2, 0.25) is 0 Å². The minimum Gasteiger partial charge on any atom is -0.344 e. The van der Waals surface area contributed by atoms with Crippen molar-refractivity contribution < 1.29 is 5.03 Å². The van der Waals surface area contributed by atoms with E-state index in [2.05, 4.69) is 5.10 Å². The first-order valence-corrected chi connectivity index (χ1v) is 3.02. The molecule has 0 aromatic carbocycles. The Hall–Kier alpha value is -1.33. The molecule has 0 bridgehead atoms. The second-order valence-electron chi connectivity index (χ2n) is 2.43. The molecule has 0 amide bonds. The summed E-state index contributed by atoms with van der Waals surface area (Å²) < 4.78 is 0. The van der Waals surface area contributed by atoms with Crippen molar-refractivity contribution >= 4 is 5.96 Å². The van der Waals surface area contributed by atoms with E-state index in [9.17, 15) is 10.1 Å². The SMILES string of the molecule is CN(C)C(=N[N+](=O)[O-])N(C)C. The molecule has 11 heavy (non-hydrogen) atoms. The second-order valence-corrected chi connectivity index (χ2v) is 2.43. The molecule has 6 nitrogen and oxygen atoms in total. The zero-order valence-electron chi connectivity index (χ0n) is 7.11. The van der Waals surface area contributed by atoms with Crippen molar-refractivity contribution in [3.63, 3.8) is 0 Å². The highest BCUT2D eigenvalue weighted by Gasteiger charge is 2.08. The average Bonchev–Trinajstić information content (AvgIpc) is 1.81. The van der Waals surface area contributed by atoms with Crippen LogP contribution in [-0.2, 0) is 0 Å². The number of guanidine groups is 1. The van der Waals surface area contributed by atoms with E-state index in [1.54, 1.807) is 38.0 Å². The van der Waals surface area contributed by atoms with Crippen molar-refractivity contribution in [3.8, 4) is 0 Å². The van der Waals surface area contributed by atoms with E-state index >= 15 is 0 Å². The summed E-state index contributed by atoms with van der Waals surface area (Å²) in [5, 5.41) is 12.4. The summed E-state index contributed by atoms with van der Waals surface area (Å²) in [5.41, 5.74) is 0. The number of hydrazone groups is 1. The monoisotopic (exact) mass is 160 g/mol. The Morgan fingerprint density at radius 1 is 1.27 bits per heavy atom. The molecule has 0 rings (SSSR count). The zero-order valence-corrected chi connectivity index (χ0v) is 7.11. The molecule has 0 saturated heterocycles. The van der Waals surface area contributed by atoms with E-state index in [-0.39, 0.29) is 0 Å². The number of hydrogen-bond donors (Lipinski definition) is 0. The van der Waals surface area contributed by atoms with E-state index < -0.39 is 5.03 Å². The minimum atomic E-state index is -0.713. The topological polar surface area (TPSA) is 62.0 Å². The van der Waals surface area contributed by atoms with Gasteiger partial charge in [-0.15, -0.1) is 0 Å². The zero-order chi connectivity index (χ0) is 9.02. The van der Waals surface area contributed by atoms with Crippen LogP contribution in [-0.4, -0.2) is 49.0 Å². The summed E-state index contributed by atoms with van der Waals surface area (Å²) in [6.07, 6.45) is 0. The van der Waals surface area contributed by atoms with Gasteiger partial charge < -0.3 is 9.80 Å². The summed E-state index contributed by atoms with van der Waals surface area (Å²) in [7, 11) is 6.79. The molecule has 0 aliphatic rings. The average molecular weight is 160 g/mol. The summed E-state index contributed by atoms with van der Waals surface area (Å²) in [6, 6.07) is 0. The van der Waals surface area contributed by atoms with Crippen LogP contribution in [0.1, 0.15) is 0 Å². The quantitative estimate of drug-likeness (QED) is 0.228. The second kappa shape index (κ2) is 3.75. The van der Waals surface area contributed by atoms with Crippen molar-refractivity contribution in [1.29, 1.82) is 0 Å². The van der Waals surface area contributed by atoms with Crippen molar-refractivity contribution in [2.24, 2.45) is 5.10 Å². The van der Waals surface area contributed by atoms with Gasteiger partial charge in [-0.1, -0.05) is 0 Å². The van der Waals surface area contributed by atoms with Gasteiger partial charge in [0.1, 0.15) is 5.10 Å². The van der Waals surface area contributed by atoms with E-state index in [0.717, 1.165) is 0 Å². The van der Waals surface area contributed by atoms with E-state index in [0.29, 0.717) is 5.96 Å². The van der Waals surface area contributed by atoms with Crippen LogP contribution in [0.2, 0.25) is 0 Å². The first-order chi connectivity index (χ1) is 4.95. The molecule has 6 heteroatoms. The molecule has 0 saturated carbocycles. The maximum absolute atomic E-state index is 9.98. The van der Waals surface area contributed by atoms with Crippen LogP contribution in [0.4, 0.5) is 0 Å². The fourth-order valence-corrected chi connectivity index (χ4v) is 0.652. The van der Waals surface area contributed by atoms with Crippen LogP contribution in [0.5, 0.6) is 0 Å². The van der Waals surface area contributed by atoms with Gasteiger partial charge in [-0.25, -0.2) is 10.1 Å². The molecule has 0 aliphatic heterocycles. The van der Waals surface area contributed by atoms with Crippen molar-refractivity contribution in [3.05, 3.63) is 10.1 Å². The molecule has 64 valence electrons. The predicted molar refractivity (Wildman–Crippen MR) is 41.8 cm³/mol. The summed E-state index contributed by atoms with van der Waals surface area (Å²) >= 11 is 0. The molecule has 0 radical (unpaired) electrons. The number of rotatable bonds is 1. The lowest BCUT2D eigenvalue weighted by Gasteiger charge is -2.18. The number of nitrogens with zero attached hydrogens (tertiary/aromatic N) is 4. The standard InChI is InChI=1S/C5H12N4O2/c1-7(2)5(8(3)4)6-9(10)11/h1-4H3. The third-order valence-corrected chi connectivity index (χ3v) is 0.971. The Bertz CT molecular complexity index is 165. The van der Waals surface area contributed by atoms with E-state index in [4.69, 9.17) is 0 Å². The fraction of sp³-hybridized carbons (Fsp3) is 0.800. The Balaban J connectivity index is 4.46. The van der Waals surface area contributed by atoms with Crippen molar-refractivity contribution in [2.75, 3.05) is 28.2 Å². The number of hydrogen-bond acceptors (Lipinski definition) is 2. The third-order valence-electron chi connectivity index (χ3n) is 0.971. The summed E-state index contributed by atoms with van der Waals surface area (Å²) in [5.74, 6) is 0.315. The lowest BCUT2D eigenvalue weighted by Crippen LogP contribution is -2.36. The molecule has 0 N–H and O–H groups in total. The van der Waals surface area contributed by atoms with Gasteiger partial charge >= 0.3 is 0 Å². The molecular weight excluding hydrogens is 148 g/mol. The van der Waals surface area contributed by atoms with Crippen LogP contribution < -0.4 is 0 Å². The van der Waals surface area contributed by atoms with Gasteiger partial charge in [-0.2, -0.15) is 0 Å². The van der Waals surface area contributed by atoms with Gasteiger partial charge in [0.05, 0.1) is 0 Å². The van der Waals surface area contributed by atoms with Crippen LogP contribution in [0.3, 0.4) is 0 Å². The Labute approximate surface area is 65.2 Å². The molecule has 0 heterocycles. The molecule has 0 atom stereocenters. The Kier molecular flexibility index (Phi) is 3.29. The lowest BCUT2D eigenvalue weighted by molar-refractivity contribution is -0.486. The first-order valence-electron chi connectivity index (χ1n) is 3.02. The van der Waals surface area contributed by atoms with E-state index in [1.165, 1.54) is 0 Å². The summed E-state index contributed by atoms with van der Waals surface area (Å²) in [4.78, 5) is 13.1. The molecule has 0 aromatic heterocycles. The van der Waals surface area contributed by atoms with Crippen molar-refractivity contribution in [1.82, 2.24) is 9.80 Å². The highest BCUT2D eigenvalue weighted by atomic mass is 16.7. The third kappa shape index (κ3) is 3.39. The number of nitro groups is 1. The van der Waals surface area contributed by atoms with Gasteiger partial charge in [-0.3, -0.25) is 0 Å². The lowest BCUT2D eigenvalue weighted by atomic mass is 10.7. The van der Waals surface area contributed by atoms with Gasteiger partial charge in [-0.05, 0) is 0 Å². The molecule has 0 fully saturated rings. The normalized spacial score (nSPS) is 8.73. The molecule has 0 unspecified atom stereocenters. The Morgan fingerprint density at radius 3 is 1.73 bits per heavy atom. The highest BCUT2D eigenvalue weighted by molar-refractivity contribution is 5.78. The van der Waals surface area contributed by atoms with Crippen LogP contribution in [0.25, 0.3) is 0 Å². The molecular formula is C5H12N4O2. The maximum atomic E-state index is 9.98. The van der Waals surface area contributed by atoms with Crippen molar-refractivity contribution in [2.45, 2.75) is 0 Å². The first kappa shape index (κ1) is 9.67. The van der Waals surface area contributed by atoms with Gasteiger partial charge in [0, 0.05) is 28.2 Å². The Morgan fingerprint density at radius 2 is 1.64 bits per heavy atom. The predicted octanol–water partition coefficient (Wildman–Crippen LogP) is -0.343. The van der Waals surface area contributed by atoms with Crippen LogP contribution >= 0.6 is 0 Å². The van der Waals surface area contributed by atoms with Gasteiger partial charge in [0.15, 0.2) is 5.03 Å². The molecule has 0 spiro atoms. The summed E-state index contributed by atoms with van der Waals surface area (Å²) in [6.45, 7) is 0. The maximum Gasteiger partial charge on any atom is 0.272 e. The van der Waals surface area contributed by atoms with E-state index in [1.807, 2.05) is 0 Å². The molecule has 0 aromatic rings. The fourth-order valence-electron chi connectivity index (χ4n) is 0.652. The van der Waals surface area contributed by atoms with Crippen LogP contribution in [0, 0.1) is 10.1 Å².